The molecule has 0 aliphatic carbocycles. The van der Waals surface area contributed by atoms with Gasteiger partial charge in [0.25, 0.3) is 0 Å². The predicted octanol–water partition coefficient (Wildman–Crippen LogP) is 2.47. The van der Waals surface area contributed by atoms with Crippen LogP contribution in [0.4, 0.5) is 14.9 Å². The molecule has 0 bridgehead atoms. The van der Waals surface area contributed by atoms with Gasteiger partial charge in [-0.2, -0.15) is 0 Å². The number of carbonyl (C=O) groups is 1. The van der Waals surface area contributed by atoms with Crippen LogP contribution in [0.5, 0.6) is 0 Å². The third kappa shape index (κ3) is 4.37. The summed E-state index contributed by atoms with van der Waals surface area (Å²) in [5, 5.41) is 16.6. The van der Waals surface area contributed by atoms with E-state index in [1.165, 1.54) is 23.1 Å². The largest absolute Gasteiger partial charge is 0.338 e. The molecule has 0 atom stereocenters. The van der Waals surface area contributed by atoms with E-state index in [-0.39, 0.29) is 11.8 Å². The zero-order valence-corrected chi connectivity index (χ0v) is 13.6. The summed E-state index contributed by atoms with van der Waals surface area (Å²) in [7, 11) is 0. The van der Waals surface area contributed by atoms with Crippen molar-refractivity contribution in [2.75, 3.05) is 11.9 Å². The zero-order chi connectivity index (χ0) is 17.6. The summed E-state index contributed by atoms with van der Waals surface area (Å²) >= 11 is 0. The third-order valence-electron chi connectivity index (χ3n) is 3.70. The molecular weight excluding hydrogens is 323 g/mol. The lowest BCUT2D eigenvalue weighted by Crippen LogP contribution is -2.30. The van der Waals surface area contributed by atoms with E-state index in [0.717, 1.165) is 16.8 Å². The Morgan fingerprint density at radius 3 is 2.72 bits per heavy atom. The van der Waals surface area contributed by atoms with Gasteiger partial charge >= 0.3 is 6.03 Å². The van der Waals surface area contributed by atoms with E-state index in [2.05, 4.69) is 26.2 Å². The Balaban J connectivity index is 1.57. The van der Waals surface area contributed by atoms with Gasteiger partial charge < -0.3 is 10.6 Å². The molecular formula is C17H17FN6O. The number of tetrazole rings is 1. The second-order valence-corrected chi connectivity index (χ2v) is 5.51. The first kappa shape index (κ1) is 16.6. The first-order valence-electron chi connectivity index (χ1n) is 7.75. The molecule has 1 aromatic heterocycles. The smallest absolute Gasteiger partial charge is 0.319 e. The topological polar surface area (TPSA) is 84.7 Å². The molecule has 2 aromatic carbocycles. The van der Waals surface area contributed by atoms with Crippen LogP contribution >= 0.6 is 0 Å². The van der Waals surface area contributed by atoms with Crippen molar-refractivity contribution >= 4 is 11.7 Å². The number of aryl methyl sites for hydroxylation is 1. The Labute approximate surface area is 143 Å². The lowest BCUT2D eigenvalue weighted by Gasteiger charge is -2.11. The highest BCUT2D eigenvalue weighted by atomic mass is 19.1. The Bertz CT molecular complexity index is 848. The predicted molar refractivity (Wildman–Crippen MR) is 91.0 cm³/mol. The van der Waals surface area contributed by atoms with Crippen molar-refractivity contribution in [2.24, 2.45) is 0 Å². The van der Waals surface area contributed by atoms with Gasteiger partial charge in [-0.15, -0.1) is 5.10 Å². The van der Waals surface area contributed by atoms with Gasteiger partial charge in [0, 0.05) is 12.2 Å². The number of amides is 2. The minimum atomic E-state index is -0.306. The summed E-state index contributed by atoms with van der Waals surface area (Å²) in [5.41, 5.74) is 3.30. The maximum absolute atomic E-state index is 12.9. The molecule has 128 valence electrons. The van der Waals surface area contributed by atoms with E-state index in [1.807, 2.05) is 19.1 Å². The highest BCUT2D eigenvalue weighted by molar-refractivity contribution is 5.90. The van der Waals surface area contributed by atoms with Crippen molar-refractivity contribution in [2.45, 2.75) is 13.3 Å². The van der Waals surface area contributed by atoms with Gasteiger partial charge in [0.05, 0.1) is 5.69 Å². The van der Waals surface area contributed by atoms with Crippen LogP contribution in [-0.2, 0) is 6.42 Å². The van der Waals surface area contributed by atoms with Crippen molar-refractivity contribution in [3.8, 4) is 5.69 Å². The van der Waals surface area contributed by atoms with Crippen LogP contribution in [0.15, 0.2) is 48.8 Å². The molecule has 8 heteroatoms. The van der Waals surface area contributed by atoms with Crippen LogP contribution in [0.2, 0.25) is 0 Å². The van der Waals surface area contributed by atoms with Gasteiger partial charge in [-0.25, -0.2) is 13.9 Å². The van der Waals surface area contributed by atoms with Crippen LogP contribution in [0.3, 0.4) is 0 Å². The lowest BCUT2D eigenvalue weighted by molar-refractivity contribution is 0.252. The summed E-state index contributed by atoms with van der Waals surface area (Å²) in [6, 6.07) is 11.5. The van der Waals surface area contributed by atoms with Gasteiger partial charge in [-0.1, -0.05) is 18.2 Å². The molecule has 0 fully saturated rings. The maximum atomic E-state index is 12.9. The van der Waals surface area contributed by atoms with Gasteiger partial charge in [-0.05, 0) is 59.2 Å². The molecule has 0 saturated carbocycles. The second-order valence-electron chi connectivity index (χ2n) is 5.51. The van der Waals surface area contributed by atoms with Gasteiger partial charge in [0.2, 0.25) is 0 Å². The number of rotatable bonds is 5. The van der Waals surface area contributed by atoms with Gasteiger partial charge in [-0.3, -0.25) is 0 Å². The maximum Gasteiger partial charge on any atom is 0.319 e. The first-order chi connectivity index (χ1) is 12.1. The molecule has 1 heterocycles. The normalized spacial score (nSPS) is 10.5. The number of anilines is 1. The van der Waals surface area contributed by atoms with E-state index in [9.17, 15) is 9.18 Å². The van der Waals surface area contributed by atoms with Gasteiger partial charge in [0.15, 0.2) is 0 Å². The van der Waals surface area contributed by atoms with Crippen molar-refractivity contribution in [1.82, 2.24) is 25.5 Å². The summed E-state index contributed by atoms with van der Waals surface area (Å²) in [5.74, 6) is -0.271. The number of nitrogens with one attached hydrogen (secondary N) is 2. The number of benzene rings is 2. The summed E-state index contributed by atoms with van der Waals surface area (Å²) in [4.78, 5) is 12.1. The SMILES string of the molecule is Cc1ccc(-n2cnnn2)cc1NC(=O)NCCc1ccc(F)cc1. The molecule has 25 heavy (non-hydrogen) atoms. The van der Waals surface area contributed by atoms with Crippen LogP contribution < -0.4 is 10.6 Å². The van der Waals surface area contributed by atoms with E-state index >= 15 is 0 Å². The fourth-order valence-corrected chi connectivity index (χ4v) is 2.30. The summed E-state index contributed by atoms with van der Waals surface area (Å²) < 4.78 is 14.4. The van der Waals surface area contributed by atoms with Crippen molar-refractivity contribution in [3.05, 3.63) is 65.7 Å². The minimum absolute atomic E-state index is 0.271. The average Bonchev–Trinajstić information content (AvgIpc) is 3.13. The van der Waals surface area contributed by atoms with Crippen LogP contribution in [0.25, 0.3) is 5.69 Å². The van der Waals surface area contributed by atoms with E-state index in [0.29, 0.717) is 18.7 Å². The molecule has 0 aliphatic rings. The van der Waals surface area contributed by atoms with E-state index in [4.69, 9.17) is 0 Å². The number of halogens is 1. The second kappa shape index (κ2) is 7.52. The Hall–Kier alpha value is -3.29. The molecule has 3 rings (SSSR count). The van der Waals surface area contributed by atoms with Gasteiger partial charge in [0.1, 0.15) is 12.1 Å². The van der Waals surface area contributed by atoms with Crippen molar-refractivity contribution in [3.63, 3.8) is 0 Å². The molecule has 0 spiro atoms. The molecule has 0 aliphatic heterocycles. The molecule has 7 nitrogen and oxygen atoms in total. The highest BCUT2D eigenvalue weighted by Gasteiger charge is 2.07. The zero-order valence-electron chi connectivity index (χ0n) is 13.6. The minimum Gasteiger partial charge on any atom is -0.338 e. The Morgan fingerprint density at radius 1 is 1.20 bits per heavy atom. The molecule has 0 unspecified atom stereocenters. The molecule has 2 amide bonds. The molecule has 0 radical (unpaired) electrons. The fourth-order valence-electron chi connectivity index (χ4n) is 2.30. The van der Waals surface area contributed by atoms with Crippen LogP contribution in [0.1, 0.15) is 11.1 Å². The number of hydrogen-bond donors (Lipinski definition) is 2. The quantitative estimate of drug-likeness (QED) is 0.747. The Morgan fingerprint density at radius 2 is 2.00 bits per heavy atom. The Kier molecular flexibility index (Phi) is 4.98. The fraction of sp³-hybridized carbons (Fsp3) is 0.176. The van der Waals surface area contributed by atoms with E-state index < -0.39 is 0 Å². The molecule has 3 aromatic rings. The highest BCUT2D eigenvalue weighted by Crippen LogP contribution is 2.18. The summed E-state index contributed by atoms with van der Waals surface area (Å²) in [6.07, 6.45) is 2.11. The number of urea groups is 1. The third-order valence-corrected chi connectivity index (χ3v) is 3.70. The van der Waals surface area contributed by atoms with Crippen molar-refractivity contribution < 1.29 is 9.18 Å². The monoisotopic (exact) mass is 340 g/mol. The van der Waals surface area contributed by atoms with Crippen molar-refractivity contribution in [1.29, 1.82) is 0 Å². The molecule has 2 N–H and O–H groups in total. The van der Waals surface area contributed by atoms with Crippen LogP contribution in [0, 0.1) is 12.7 Å². The standard InChI is InChI=1S/C17H17FN6O/c1-12-2-7-15(24-11-20-22-23-24)10-16(12)21-17(25)19-9-8-13-3-5-14(18)6-4-13/h2-7,10-11H,8-9H2,1H3,(H2,19,21,25). The number of hydrogen-bond acceptors (Lipinski definition) is 4. The summed E-state index contributed by atoms with van der Waals surface area (Å²) in [6.45, 7) is 2.35. The number of carbonyl (C=O) groups excluding carboxylic acids is 1. The molecule has 0 saturated heterocycles. The van der Waals surface area contributed by atoms with Crippen LogP contribution in [-0.4, -0.2) is 32.8 Å². The number of aromatic nitrogens is 4. The average molecular weight is 340 g/mol. The first-order valence-corrected chi connectivity index (χ1v) is 7.75. The number of nitrogens with zero attached hydrogens (tertiary/aromatic N) is 4. The lowest BCUT2D eigenvalue weighted by atomic mass is 10.1. The van der Waals surface area contributed by atoms with E-state index in [1.54, 1.807) is 18.2 Å².